The number of rotatable bonds is 5. The molecule has 2 aromatic carbocycles. The molecule has 23 heavy (non-hydrogen) atoms. The molecule has 120 valence electrons. The molecular weight excluding hydrogens is 305 g/mol. The molecule has 0 aliphatic heterocycles. The summed E-state index contributed by atoms with van der Waals surface area (Å²) >= 11 is 0. The van der Waals surface area contributed by atoms with Gasteiger partial charge in [-0.1, -0.05) is 24.3 Å². The van der Waals surface area contributed by atoms with E-state index in [0.717, 1.165) is 17.7 Å². The van der Waals surface area contributed by atoms with E-state index in [1.165, 1.54) is 12.1 Å². The highest BCUT2D eigenvalue weighted by molar-refractivity contribution is 5.32. The number of halogens is 3. The summed E-state index contributed by atoms with van der Waals surface area (Å²) in [4.78, 5) is 0. The van der Waals surface area contributed by atoms with Crippen LogP contribution in [0, 0.1) is 11.3 Å². The van der Waals surface area contributed by atoms with Crippen molar-refractivity contribution in [1.29, 1.82) is 5.26 Å². The average molecular weight is 320 g/mol. The Morgan fingerprint density at radius 1 is 1.13 bits per heavy atom. The second kappa shape index (κ2) is 7.27. The molecule has 0 aliphatic carbocycles. The average Bonchev–Trinajstić information content (AvgIpc) is 2.54. The van der Waals surface area contributed by atoms with Crippen LogP contribution in [0.4, 0.5) is 13.2 Å². The lowest BCUT2D eigenvalue weighted by Gasteiger charge is -2.14. The Bertz CT molecular complexity index is 707. The Labute approximate surface area is 132 Å². The number of aliphatic hydroxyl groups excluding tert-OH is 1. The number of nitrogens with one attached hydrogen (secondary N) is 1. The van der Waals surface area contributed by atoms with Crippen molar-refractivity contribution in [3.05, 3.63) is 70.8 Å². The maximum atomic E-state index is 12.7. The predicted molar refractivity (Wildman–Crippen MR) is 79.3 cm³/mol. The zero-order valence-electron chi connectivity index (χ0n) is 12.1. The first-order chi connectivity index (χ1) is 10.9. The molecule has 0 heterocycles. The molecule has 0 radical (unpaired) electrons. The summed E-state index contributed by atoms with van der Waals surface area (Å²) in [6.07, 6.45) is -5.47. The number of hydrogen-bond acceptors (Lipinski definition) is 3. The largest absolute Gasteiger partial charge is 0.416 e. The van der Waals surface area contributed by atoms with Gasteiger partial charge in [0.25, 0.3) is 0 Å². The molecule has 2 aromatic rings. The van der Waals surface area contributed by atoms with Crippen LogP contribution in [-0.4, -0.2) is 11.7 Å². The number of alkyl halides is 3. The van der Waals surface area contributed by atoms with E-state index < -0.39 is 17.8 Å². The zero-order chi connectivity index (χ0) is 16.9. The summed E-state index contributed by atoms with van der Waals surface area (Å²) in [5, 5.41) is 21.8. The van der Waals surface area contributed by atoms with Crippen LogP contribution >= 0.6 is 0 Å². The lowest BCUT2D eigenvalue weighted by atomic mass is 10.1. The summed E-state index contributed by atoms with van der Waals surface area (Å²) in [6.45, 7) is 0.517. The first kappa shape index (κ1) is 17.0. The molecule has 1 unspecified atom stereocenters. The van der Waals surface area contributed by atoms with Crippen LogP contribution in [0.5, 0.6) is 0 Å². The SMILES string of the molecule is N#Cc1cccc(CNCC(O)c2cccc(C(F)(F)F)c2)c1. The second-order valence-electron chi connectivity index (χ2n) is 5.08. The van der Waals surface area contributed by atoms with E-state index in [1.54, 1.807) is 18.2 Å². The van der Waals surface area contributed by atoms with Crippen molar-refractivity contribution in [2.24, 2.45) is 0 Å². The zero-order valence-corrected chi connectivity index (χ0v) is 12.1. The third-order valence-electron chi connectivity index (χ3n) is 3.32. The van der Waals surface area contributed by atoms with Crippen LogP contribution in [0.15, 0.2) is 48.5 Å². The van der Waals surface area contributed by atoms with E-state index in [0.29, 0.717) is 12.1 Å². The molecule has 0 saturated carbocycles. The first-order valence-electron chi connectivity index (χ1n) is 6.95. The van der Waals surface area contributed by atoms with Crippen molar-refractivity contribution in [3.63, 3.8) is 0 Å². The van der Waals surface area contributed by atoms with Crippen LogP contribution in [0.1, 0.15) is 28.4 Å². The van der Waals surface area contributed by atoms with Crippen molar-refractivity contribution in [1.82, 2.24) is 5.32 Å². The van der Waals surface area contributed by atoms with E-state index in [9.17, 15) is 18.3 Å². The minimum Gasteiger partial charge on any atom is -0.387 e. The van der Waals surface area contributed by atoms with Crippen molar-refractivity contribution >= 4 is 0 Å². The number of nitriles is 1. The summed E-state index contributed by atoms with van der Waals surface area (Å²) < 4.78 is 38.0. The smallest absolute Gasteiger partial charge is 0.387 e. The van der Waals surface area contributed by atoms with E-state index in [-0.39, 0.29) is 12.1 Å². The molecule has 0 spiro atoms. The van der Waals surface area contributed by atoms with Gasteiger partial charge in [0, 0.05) is 13.1 Å². The Kier molecular flexibility index (Phi) is 5.37. The van der Waals surface area contributed by atoms with Gasteiger partial charge in [0.2, 0.25) is 0 Å². The van der Waals surface area contributed by atoms with Gasteiger partial charge in [-0.05, 0) is 35.4 Å². The fourth-order valence-corrected chi connectivity index (χ4v) is 2.14. The van der Waals surface area contributed by atoms with Gasteiger partial charge in [-0.2, -0.15) is 18.4 Å². The Hall–Kier alpha value is -2.36. The molecule has 0 amide bonds. The van der Waals surface area contributed by atoms with Crippen LogP contribution in [0.25, 0.3) is 0 Å². The normalized spacial score (nSPS) is 12.7. The van der Waals surface area contributed by atoms with Gasteiger partial charge in [-0.3, -0.25) is 0 Å². The standard InChI is InChI=1S/C17H15F3N2O/c18-17(19,20)15-6-2-5-14(8-15)16(23)11-22-10-13-4-1-3-12(7-13)9-21/h1-8,16,22-23H,10-11H2. The molecule has 0 saturated heterocycles. The first-order valence-corrected chi connectivity index (χ1v) is 6.95. The maximum absolute atomic E-state index is 12.7. The maximum Gasteiger partial charge on any atom is 0.416 e. The second-order valence-corrected chi connectivity index (χ2v) is 5.08. The number of aliphatic hydroxyl groups is 1. The van der Waals surface area contributed by atoms with Crippen LogP contribution < -0.4 is 5.32 Å². The van der Waals surface area contributed by atoms with Gasteiger partial charge in [0.05, 0.1) is 23.3 Å². The summed E-state index contributed by atoms with van der Waals surface area (Å²) in [5.41, 5.74) is 0.817. The molecule has 0 bridgehead atoms. The molecule has 3 nitrogen and oxygen atoms in total. The summed E-state index contributed by atoms with van der Waals surface area (Å²) in [5.74, 6) is 0. The van der Waals surface area contributed by atoms with Gasteiger partial charge in [-0.15, -0.1) is 0 Å². The monoisotopic (exact) mass is 320 g/mol. The molecule has 0 aromatic heterocycles. The lowest BCUT2D eigenvalue weighted by molar-refractivity contribution is -0.137. The van der Waals surface area contributed by atoms with E-state index in [2.05, 4.69) is 5.32 Å². The third kappa shape index (κ3) is 4.81. The van der Waals surface area contributed by atoms with Crippen molar-refractivity contribution < 1.29 is 18.3 Å². The number of benzene rings is 2. The van der Waals surface area contributed by atoms with Gasteiger partial charge >= 0.3 is 6.18 Å². The molecule has 0 fully saturated rings. The van der Waals surface area contributed by atoms with E-state index in [4.69, 9.17) is 5.26 Å². The highest BCUT2D eigenvalue weighted by Gasteiger charge is 2.30. The van der Waals surface area contributed by atoms with E-state index in [1.807, 2.05) is 12.1 Å². The fourth-order valence-electron chi connectivity index (χ4n) is 2.14. The minimum absolute atomic E-state index is 0.109. The van der Waals surface area contributed by atoms with Gasteiger partial charge in [0.15, 0.2) is 0 Å². The van der Waals surface area contributed by atoms with Crippen molar-refractivity contribution in [2.75, 3.05) is 6.54 Å². The fraction of sp³-hybridized carbons (Fsp3) is 0.235. The molecule has 2 N–H and O–H groups in total. The number of hydrogen-bond donors (Lipinski definition) is 2. The van der Waals surface area contributed by atoms with Crippen LogP contribution in [0.3, 0.4) is 0 Å². The summed E-state index contributed by atoms with van der Waals surface area (Å²) in [7, 11) is 0. The Morgan fingerprint density at radius 3 is 2.57 bits per heavy atom. The summed E-state index contributed by atoms with van der Waals surface area (Å²) in [6, 6.07) is 13.6. The van der Waals surface area contributed by atoms with Gasteiger partial charge in [-0.25, -0.2) is 0 Å². The molecule has 1 atom stereocenters. The minimum atomic E-state index is -4.43. The Balaban J connectivity index is 1.95. The van der Waals surface area contributed by atoms with Crippen molar-refractivity contribution in [3.8, 4) is 6.07 Å². The molecule has 6 heteroatoms. The third-order valence-corrected chi connectivity index (χ3v) is 3.32. The molecular formula is C17H15F3N2O. The van der Waals surface area contributed by atoms with Crippen molar-refractivity contribution in [2.45, 2.75) is 18.8 Å². The molecule has 0 aliphatic rings. The number of nitrogens with zero attached hydrogens (tertiary/aromatic N) is 1. The molecule has 2 rings (SSSR count). The van der Waals surface area contributed by atoms with Gasteiger partial charge < -0.3 is 10.4 Å². The van der Waals surface area contributed by atoms with Crippen LogP contribution in [-0.2, 0) is 12.7 Å². The lowest BCUT2D eigenvalue weighted by Crippen LogP contribution is -2.21. The highest BCUT2D eigenvalue weighted by atomic mass is 19.4. The quantitative estimate of drug-likeness (QED) is 0.888. The van der Waals surface area contributed by atoms with Crippen LogP contribution in [0.2, 0.25) is 0 Å². The highest BCUT2D eigenvalue weighted by Crippen LogP contribution is 2.30. The van der Waals surface area contributed by atoms with E-state index >= 15 is 0 Å². The predicted octanol–water partition coefficient (Wildman–Crippen LogP) is 3.40. The topological polar surface area (TPSA) is 56.0 Å². The van der Waals surface area contributed by atoms with Gasteiger partial charge in [0.1, 0.15) is 0 Å². The Morgan fingerprint density at radius 2 is 1.87 bits per heavy atom.